The Balaban J connectivity index is 2.28. The Morgan fingerprint density at radius 3 is 2.68 bits per heavy atom. The van der Waals surface area contributed by atoms with Crippen molar-refractivity contribution in [3.63, 3.8) is 0 Å². The third kappa shape index (κ3) is 2.88. The highest BCUT2D eigenvalue weighted by molar-refractivity contribution is 5.85. The number of nitrogens with zero attached hydrogens (tertiary/aromatic N) is 2. The first-order valence-corrected chi connectivity index (χ1v) is 6.02. The van der Waals surface area contributed by atoms with Crippen LogP contribution in [0.15, 0.2) is 30.6 Å². The van der Waals surface area contributed by atoms with Crippen LogP contribution in [0, 0.1) is 6.92 Å². The van der Waals surface area contributed by atoms with E-state index in [4.69, 9.17) is 5.11 Å². The molecule has 0 amide bonds. The number of hydrogen-bond acceptors (Lipinski definition) is 4. The van der Waals surface area contributed by atoms with Crippen LogP contribution in [0.4, 0.5) is 11.5 Å². The minimum Gasteiger partial charge on any atom is -0.476 e. The Morgan fingerprint density at radius 2 is 2.11 bits per heavy atom. The maximum atomic E-state index is 10.7. The minimum atomic E-state index is -1.08. The van der Waals surface area contributed by atoms with Gasteiger partial charge < -0.3 is 10.4 Å². The fourth-order valence-corrected chi connectivity index (χ4v) is 1.83. The second-order valence-electron chi connectivity index (χ2n) is 4.18. The molecule has 0 aliphatic rings. The number of carboxylic acid groups (broad SMARTS) is 1. The number of nitrogens with one attached hydrogen (secondary N) is 1. The number of benzene rings is 1. The molecule has 2 rings (SSSR count). The molecule has 0 unspecified atom stereocenters. The van der Waals surface area contributed by atoms with Gasteiger partial charge >= 0.3 is 5.97 Å². The van der Waals surface area contributed by atoms with Crippen molar-refractivity contribution in [2.45, 2.75) is 20.3 Å². The first kappa shape index (κ1) is 13.0. The van der Waals surface area contributed by atoms with E-state index < -0.39 is 5.97 Å². The van der Waals surface area contributed by atoms with Gasteiger partial charge in [-0.3, -0.25) is 0 Å². The molecule has 0 bridgehead atoms. The predicted octanol–water partition coefficient (Wildman–Crippen LogP) is 2.79. The summed E-state index contributed by atoms with van der Waals surface area (Å²) in [4.78, 5) is 18.6. The van der Waals surface area contributed by atoms with Crippen molar-refractivity contribution in [3.8, 4) is 0 Å². The number of rotatable bonds is 4. The Hall–Kier alpha value is -2.43. The molecular weight excluding hydrogens is 242 g/mol. The standard InChI is InChI=1S/C14H15N3O2/c1-3-10-6-4-5-9(2)13(10)17-12-8-15-11(7-16-12)14(18)19/h4-8H,3H2,1-2H3,(H,16,17)(H,18,19). The third-order valence-electron chi connectivity index (χ3n) is 2.86. The summed E-state index contributed by atoms with van der Waals surface area (Å²) in [6.45, 7) is 4.10. The summed E-state index contributed by atoms with van der Waals surface area (Å²) < 4.78 is 0. The number of carboxylic acids is 1. The number of hydrogen-bond donors (Lipinski definition) is 2. The summed E-state index contributed by atoms with van der Waals surface area (Å²) in [5.74, 6) is -0.543. The zero-order valence-corrected chi connectivity index (χ0v) is 10.8. The Kier molecular flexibility index (Phi) is 3.75. The van der Waals surface area contributed by atoms with E-state index in [9.17, 15) is 4.79 Å². The monoisotopic (exact) mass is 257 g/mol. The summed E-state index contributed by atoms with van der Waals surface area (Å²) in [6.07, 6.45) is 3.58. The maximum Gasteiger partial charge on any atom is 0.356 e. The molecule has 2 aromatic rings. The summed E-state index contributed by atoms with van der Waals surface area (Å²) in [7, 11) is 0. The van der Waals surface area contributed by atoms with Gasteiger partial charge in [0.05, 0.1) is 12.4 Å². The van der Waals surface area contributed by atoms with Gasteiger partial charge in [-0.2, -0.15) is 0 Å². The van der Waals surface area contributed by atoms with Gasteiger partial charge in [-0.25, -0.2) is 14.8 Å². The van der Waals surface area contributed by atoms with Crippen LogP contribution < -0.4 is 5.32 Å². The van der Waals surface area contributed by atoms with Crippen molar-refractivity contribution in [1.29, 1.82) is 0 Å². The van der Waals surface area contributed by atoms with Crippen LogP contribution >= 0.6 is 0 Å². The molecule has 0 radical (unpaired) electrons. The molecule has 1 aromatic heterocycles. The van der Waals surface area contributed by atoms with Crippen LogP contribution in [-0.4, -0.2) is 21.0 Å². The number of aromatic nitrogens is 2. The van der Waals surface area contributed by atoms with Gasteiger partial charge in [0.25, 0.3) is 0 Å². The average Bonchev–Trinajstić information content (AvgIpc) is 2.41. The van der Waals surface area contributed by atoms with Crippen LogP contribution in [0.25, 0.3) is 0 Å². The lowest BCUT2D eigenvalue weighted by atomic mass is 10.1. The highest BCUT2D eigenvalue weighted by atomic mass is 16.4. The van der Waals surface area contributed by atoms with E-state index in [1.807, 2.05) is 25.1 Å². The molecule has 2 N–H and O–H groups in total. The maximum absolute atomic E-state index is 10.7. The molecule has 1 heterocycles. The van der Waals surface area contributed by atoms with E-state index in [0.29, 0.717) is 5.82 Å². The fourth-order valence-electron chi connectivity index (χ4n) is 1.83. The van der Waals surface area contributed by atoms with E-state index >= 15 is 0 Å². The fraction of sp³-hybridized carbons (Fsp3) is 0.214. The van der Waals surface area contributed by atoms with Crippen molar-refractivity contribution in [3.05, 3.63) is 47.4 Å². The smallest absolute Gasteiger partial charge is 0.356 e. The molecular formula is C14H15N3O2. The Morgan fingerprint density at radius 1 is 1.32 bits per heavy atom. The first-order chi connectivity index (χ1) is 9.11. The number of aromatic carboxylic acids is 1. The number of carbonyl (C=O) groups is 1. The average molecular weight is 257 g/mol. The van der Waals surface area contributed by atoms with Gasteiger partial charge in [0, 0.05) is 5.69 Å². The van der Waals surface area contributed by atoms with Crippen molar-refractivity contribution >= 4 is 17.5 Å². The zero-order valence-electron chi connectivity index (χ0n) is 10.8. The van der Waals surface area contributed by atoms with Gasteiger partial charge in [-0.15, -0.1) is 0 Å². The highest BCUT2D eigenvalue weighted by Crippen LogP contribution is 2.24. The van der Waals surface area contributed by atoms with E-state index in [1.165, 1.54) is 18.0 Å². The van der Waals surface area contributed by atoms with Crippen LogP contribution in [0.3, 0.4) is 0 Å². The summed E-state index contributed by atoms with van der Waals surface area (Å²) >= 11 is 0. The quantitative estimate of drug-likeness (QED) is 0.880. The SMILES string of the molecule is CCc1cccc(C)c1Nc1cnc(C(=O)O)cn1. The van der Waals surface area contributed by atoms with Gasteiger partial charge in [-0.1, -0.05) is 25.1 Å². The lowest BCUT2D eigenvalue weighted by molar-refractivity contribution is 0.0690. The van der Waals surface area contributed by atoms with Crippen molar-refractivity contribution < 1.29 is 9.90 Å². The van der Waals surface area contributed by atoms with Gasteiger partial charge in [0.15, 0.2) is 5.69 Å². The molecule has 5 heteroatoms. The van der Waals surface area contributed by atoms with Crippen molar-refractivity contribution in [2.24, 2.45) is 0 Å². The molecule has 1 aromatic carbocycles. The van der Waals surface area contributed by atoms with Crippen LogP contribution in [-0.2, 0) is 6.42 Å². The molecule has 0 saturated heterocycles. The summed E-state index contributed by atoms with van der Waals surface area (Å²) in [6, 6.07) is 6.08. The predicted molar refractivity (Wildman–Crippen MR) is 72.8 cm³/mol. The Labute approximate surface area is 111 Å². The normalized spacial score (nSPS) is 10.2. The topological polar surface area (TPSA) is 75.1 Å². The Bertz CT molecular complexity index is 594. The molecule has 19 heavy (non-hydrogen) atoms. The first-order valence-electron chi connectivity index (χ1n) is 6.02. The lowest BCUT2D eigenvalue weighted by Crippen LogP contribution is -2.04. The second-order valence-corrected chi connectivity index (χ2v) is 4.18. The van der Waals surface area contributed by atoms with E-state index in [2.05, 4.69) is 22.2 Å². The van der Waals surface area contributed by atoms with E-state index in [-0.39, 0.29) is 5.69 Å². The minimum absolute atomic E-state index is 0.0638. The zero-order chi connectivity index (χ0) is 13.8. The van der Waals surface area contributed by atoms with Gasteiger partial charge in [0.1, 0.15) is 5.82 Å². The van der Waals surface area contributed by atoms with Gasteiger partial charge in [0.2, 0.25) is 0 Å². The molecule has 0 saturated carbocycles. The number of anilines is 2. The van der Waals surface area contributed by atoms with Gasteiger partial charge in [-0.05, 0) is 24.5 Å². The van der Waals surface area contributed by atoms with Crippen molar-refractivity contribution in [1.82, 2.24) is 9.97 Å². The molecule has 0 aliphatic heterocycles. The largest absolute Gasteiger partial charge is 0.476 e. The highest BCUT2D eigenvalue weighted by Gasteiger charge is 2.07. The molecule has 0 fully saturated rings. The molecule has 0 aliphatic carbocycles. The molecule has 5 nitrogen and oxygen atoms in total. The third-order valence-corrected chi connectivity index (χ3v) is 2.86. The van der Waals surface area contributed by atoms with Crippen LogP contribution in [0.2, 0.25) is 0 Å². The lowest BCUT2D eigenvalue weighted by Gasteiger charge is -2.13. The molecule has 0 spiro atoms. The number of aryl methyl sites for hydroxylation is 2. The van der Waals surface area contributed by atoms with Crippen molar-refractivity contribution in [2.75, 3.05) is 5.32 Å². The molecule has 98 valence electrons. The molecule has 0 atom stereocenters. The second kappa shape index (κ2) is 5.48. The van der Waals surface area contributed by atoms with Crippen LogP contribution in [0.1, 0.15) is 28.5 Å². The number of para-hydroxylation sites is 1. The van der Waals surface area contributed by atoms with E-state index in [1.54, 1.807) is 0 Å². The van der Waals surface area contributed by atoms with E-state index in [0.717, 1.165) is 17.7 Å². The summed E-state index contributed by atoms with van der Waals surface area (Å²) in [5.41, 5.74) is 3.24. The summed E-state index contributed by atoms with van der Waals surface area (Å²) in [5, 5.41) is 12.0. The van der Waals surface area contributed by atoms with Crippen LogP contribution in [0.5, 0.6) is 0 Å².